The summed E-state index contributed by atoms with van der Waals surface area (Å²) in [5.74, 6) is -0.490. The van der Waals surface area contributed by atoms with Crippen molar-refractivity contribution < 1.29 is 23.8 Å². The van der Waals surface area contributed by atoms with E-state index in [9.17, 15) is 9.18 Å². The van der Waals surface area contributed by atoms with Gasteiger partial charge < -0.3 is 14.6 Å². The van der Waals surface area contributed by atoms with E-state index in [0.29, 0.717) is 31.9 Å². The Morgan fingerprint density at radius 3 is 3.10 bits per heavy atom. The van der Waals surface area contributed by atoms with E-state index in [1.807, 2.05) is 0 Å². The van der Waals surface area contributed by atoms with Crippen LogP contribution in [-0.2, 0) is 16.0 Å². The summed E-state index contributed by atoms with van der Waals surface area (Å²) in [6.45, 7) is 1.40. The molecule has 20 heavy (non-hydrogen) atoms. The minimum Gasteiger partial charge on any atom is -0.488 e. The van der Waals surface area contributed by atoms with E-state index in [2.05, 4.69) is 0 Å². The minimum absolute atomic E-state index is 0.0616. The monoisotopic (exact) mass is 283 g/mol. The Kier molecular flexibility index (Phi) is 4.92. The lowest BCUT2D eigenvalue weighted by Crippen LogP contribution is -2.40. The molecule has 1 aliphatic rings. The van der Waals surface area contributed by atoms with E-state index in [-0.39, 0.29) is 18.5 Å². The number of aliphatic carboxylic acids is 1. The maximum Gasteiger partial charge on any atom is 0.317 e. The van der Waals surface area contributed by atoms with Crippen molar-refractivity contribution in [3.8, 4) is 5.75 Å². The number of hydrogen-bond acceptors (Lipinski definition) is 4. The molecule has 0 aliphatic carbocycles. The lowest BCUT2D eigenvalue weighted by molar-refractivity contribution is -0.138. The van der Waals surface area contributed by atoms with E-state index in [4.69, 9.17) is 14.6 Å². The highest BCUT2D eigenvalue weighted by atomic mass is 19.1. The average Bonchev–Trinajstić information content (AvgIpc) is 2.76. The molecule has 1 atom stereocenters. The van der Waals surface area contributed by atoms with Crippen LogP contribution in [0.1, 0.15) is 5.56 Å². The average molecular weight is 283 g/mol. The molecule has 0 fully saturated rings. The molecule has 0 bridgehead atoms. The van der Waals surface area contributed by atoms with E-state index in [1.54, 1.807) is 18.1 Å². The topological polar surface area (TPSA) is 59.0 Å². The molecule has 0 spiro atoms. The molecule has 6 heteroatoms. The third-order valence-electron chi connectivity index (χ3n) is 3.20. The first-order valence-electron chi connectivity index (χ1n) is 6.46. The van der Waals surface area contributed by atoms with Gasteiger partial charge in [0.2, 0.25) is 0 Å². The molecule has 1 heterocycles. The number of nitrogens with zero attached hydrogens (tertiary/aromatic N) is 1. The number of methoxy groups -OCH3 is 1. The van der Waals surface area contributed by atoms with Crippen LogP contribution in [0.3, 0.4) is 0 Å². The fraction of sp³-hybridized carbons (Fsp3) is 0.500. The van der Waals surface area contributed by atoms with Crippen molar-refractivity contribution in [2.75, 3.05) is 33.4 Å². The Morgan fingerprint density at radius 1 is 1.60 bits per heavy atom. The third kappa shape index (κ3) is 3.91. The highest BCUT2D eigenvalue weighted by molar-refractivity contribution is 5.69. The quantitative estimate of drug-likeness (QED) is 0.814. The van der Waals surface area contributed by atoms with Crippen molar-refractivity contribution in [3.63, 3.8) is 0 Å². The first-order chi connectivity index (χ1) is 9.58. The highest BCUT2D eigenvalue weighted by Gasteiger charge is 2.25. The van der Waals surface area contributed by atoms with Gasteiger partial charge in [0.05, 0.1) is 13.2 Å². The molecule has 0 aromatic heterocycles. The summed E-state index contributed by atoms with van der Waals surface area (Å²) in [6, 6.07) is 4.44. The first kappa shape index (κ1) is 14.7. The number of carboxylic acid groups (broad SMARTS) is 1. The Labute approximate surface area is 116 Å². The number of benzene rings is 1. The minimum atomic E-state index is -0.886. The zero-order valence-electron chi connectivity index (χ0n) is 11.3. The predicted octanol–water partition coefficient (Wildman–Crippen LogP) is 1.16. The van der Waals surface area contributed by atoms with Gasteiger partial charge in [0.1, 0.15) is 17.7 Å². The summed E-state index contributed by atoms with van der Waals surface area (Å²) in [7, 11) is 1.57. The first-order valence-corrected chi connectivity index (χ1v) is 6.46. The van der Waals surface area contributed by atoms with Crippen LogP contribution in [0.25, 0.3) is 0 Å². The van der Waals surface area contributed by atoms with Crippen LogP contribution >= 0.6 is 0 Å². The van der Waals surface area contributed by atoms with Crippen LogP contribution < -0.4 is 4.74 Å². The molecule has 0 radical (unpaired) electrons. The van der Waals surface area contributed by atoms with Crippen LogP contribution in [-0.4, -0.2) is 55.4 Å². The van der Waals surface area contributed by atoms with E-state index in [0.717, 1.165) is 5.56 Å². The van der Waals surface area contributed by atoms with Gasteiger partial charge in [0, 0.05) is 32.2 Å². The Balaban J connectivity index is 1.93. The summed E-state index contributed by atoms with van der Waals surface area (Å²) < 4.78 is 23.8. The molecule has 1 unspecified atom stereocenters. The van der Waals surface area contributed by atoms with Crippen LogP contribution in [0.15, 0.2) is 18.2 Å². The second-order valence-corrected chi connectivity index (χ2v) is 4.82. The largest absolute Gasteiger partial charge is 0.488 e. The van der Waals surface area contributed by atoms with Gasteiger partial charge in [0.25, 0.3) is 0 Å². The molecule has 2 rings (SSSR count). The lowest BCUT2D eigenvalue weighted by Gasteiger charge is -2.23. The molecule has 1 aliphatic heterocycles. The SMILES string of the molecule is COCCN(CC(=O)O)CC1Cc2cc(F)ccc2O1. The van der Waals surface area contributed by atoms with Gasteiger partial charge in [-0.2, -0.15) is 0 Å². The van der Waals surface area contributed by atoms with E-state index >= 15 is 0 Å². The van der Waals surface area contributed by atoms with Gasteiger partial charge in [-0.3, -0.25) is 9.69 Å². The lowest BCUT2D eigenvalue weighted by atomic mass is 10.1. The number of rotatable bonds is 7. The second-order valence-electron chi connectivity index (χ2n) is 4.82. The van der Waals surface area contributed by atoms with Crippen molar-refractivity contribution in [1.29, 1.82) is 0 Å². The van der Waals surface area contributed by atoms with Crippen molar-refractivity contribution in [2.45, 2.75) is 12.5 Å². The third-order valence-corrected chi connectivity index (χ3v) is 3.20. The van der Waals surface area contributed by atoms with Crippen molar-refractivity contribution in [3.05, 3.63) is 29.6 Å². The number of carbonyl (C=O) groups is 1. The second kappa shape index (κ2) is 6.67. The Morgan fingerprint density at radius 2 is 2.40 bits per heavy atom. The number of hydrogen-bond donors (Lipinski definition) is 1. The molecular formula is C14H18FNO4. The van der Waals surface area contributed by atoms with E-state index < -0.39 is 5.97 Å². The van der Waals surface area contributed by atoms with Crippen molar-refractivity contribution >= 4 is 5.97 Å². The highest BCUT2D eigenvalue weighted by Crippen LogP contribution is 2.29. The maximum atomic E-state index is 13.1. The molecule has 1 aromatic carbocycles. The predicted molar refractivity (Wildman–Crippen MR) is 70.5 cm³/mol. The Hall–Kier alpha value is -1.66. The summed E-state index contributed by atoms with van der Waals surface area (Å²) in [4.78, 5) is 12.6. The smallest absolute Gasteiger partial charge is 0.317 e. The number of ether oxygens (including phenoxy) is 2. The van der Waals surface area contributed by atoms with Gasteiger partial charge in [0.15, 0.2) is 0 Å². The van der Waals surface area contributed by atoms with Crippen molar-refractivity contribution in [1.82, 2.24) is 4.90 Å². The van der Waals surface area contributed by atoms with Crippen LogP contribution in [0, 0.1) is 5.82 Å². The Bertz CT molecular complexity index is 480. The summed E-state index contributed by atoms with van der Waals surface area (Å²) in [5.41, 5.74) is 0.831. The van der Waals surface area contributed by atoms with Crippen LogP contribution in [0.2, 0.25) is 0 Å². The molecule has 0 saturated heterocycles. The van der Waals surface area contributed by atoms with Gasteiger partial charge in [-0.1, -0.05) is 0 Å². The number of carboxylic acids is 1. The van der Waals surface area contributed by atoms with Crippen molar-refractivity contribution in [2.24, 2.45) is 0 Å². The standard InChI is InChI=1S/C14H18FNO4/c1-19-5-4-16(9-14(17)18)8-12-7-10-6-11(15)2-3-13(10)20-12/h2-3,6,12H,4-5,7-9H2,1H3,(H,17,18). The van der Waals surface area contributed by atoms with E-state index in [1.165, 1.54) is 12.1 Å². The molecule has 5 nitrogen and oxygen atoms in total. The molecule has 1 N–H and O–H groups in total. The molecule has 1 aromatic rings. The zero-order valence-corrected chi connectivity index (χ0v) is 11.3. The number of fused-ring (bicyclic) bond motifs is 1. The summed E-state index contributed by atoms with van der Waals surface area (Å²) in [5, 5.41) is 8.89. The van der Waals surface area contributed by atoms with Crippen LogP contribution in [0.4, 0.5) is 4.39 Å². The number of halogens is 1. The summed E-state index contributed by atoms with van der Waals surface area (Å²) >= 11 is 0. The van der Waals surface area contributed by atoms with Gasteiger partial charge >= 0.3 is 5.97 Å². The normalized spacial score (nSPS) is 17.1. The zero-order chi connectivity index (χ0) is 14.5. The fourth-order valence-electron chi connectivity index (χ4n) is 2.33. The summed E-state index contributed by atoms with van der Waals surface area (Å²) in [6.07, 6.45) is 0.443. The maximum absolute atomic E-state index is 13.1. The molecule has 0 amide bonds. The van der Waals surface area contributed by atoms with Gasteiger partial charge in [-0.05, 0) is 18.2 Å². The van der Waals surface area contributed by atoms with Gasteiger partial charge in [-0.15, -0.1) is 0 Å². The molecule has 110 valence electrons. The molecule has 0 saturated carbocycles. The fourth-order valence-corrected chi connectivity index (χ4v) is 2.33. The molecular weight excluding hydrogens is 265 g/mol. The van der Waals surface area contributed by atoms with Crippen LogP contribution in [0.5, 0.6) is 5.75 Å². The van der Waals surface area contributed by atoms with Gasteiger partial charge in [-0.25, -0.2) is 4.39 Å².